The summed E-state index contributed by atoms with van der Waals surface area (Å²) in [7, 11) is 0. The van der Waals surface area contributed by atoms with E-state index in [0.717, 1.165) is 35.7 Å². The van der Waals surface area contributed by atoms with Crippen molar-refractivity contribution < 1.29 is 4.79 Å². The van der Waals surface area contributed by atoms with Crippen LogP contribution in [0.15, 0.2) is 58.2 Å². The number of guanidine groups is 2. The second kappa shape index (κ2) is 13.2. The van der Waals surface area contributed by atoms with E-state index in [0.29, 0.717) is 29.7 Å². The number of aromatic nitrogens is 3. The van der Waals surface area contributed by atoms with E-state index in [1.54, 1.807) is 30.2 Å². The van der Waals surface area contributed by atoms with Gasteiger partial charge in [-0.15, -0.1) is 11.3 Å². The van der Waals surface area contributed by atoms with E-state index in [1.807, 2.05) is 29.8 Å². The Morgan fingerprint density at radius 1 is 1.21 bits per heavy atom. The van der Waals surface area contributed by atoms with Gasteiger partial charge in [-0.2, -0.15) is 16.8 Å². The summed E-state index contributed by atoms with van der Waals surface area (Å²) in [5, 5.41) is 8.60. The highest BCUT2D eigenvalue weighted by Gasteiger charge is 2.08. The van der Waals surface area contributed by atoms with E-state index in [2.05, 4.69) is 35.6 Å². The number of thioether (sulfide) groups is 1. The Hall–Kier alpha value is -3.38. The number of amides is 1. The molecule has 0 aliphatic heterocycles. The zero-order valence-corrected chi connectivity index (χ0v) is 19.7. The van der Waals surface area contributed by atoms with Crippen LogP contribution in [0, 0.1) is 0 Å². The second-order valence-corrected chi connectivity index (χ2v) is 8.79. The van der Waals surface area contributed by atoms with Crippen LogP contribution < -0.4 is 22.1 Å². The highest BCUT2D eigenvalue weighted by Crippen LogP contribution is 2.21. The van der Waals surface area contributed by atoms with E-state index in [4.69, 9.17) is 11.5 Å². The van der Waals surface area contributed by atoms with Gasteiger partial charge >= 0.3 is 0 Å². The molecule has 0 aliphatic carbocycles. The number of nitrogens with one attached hydrogen (secondary N) is 3. The molecule has 0 bridgehead atoms. The highest BCUT2D eigenvalue weighted by atomic mass is 32.2. The molecule has 0 saturated heterocycles. The van der Waals surface area contributed by atoms with Crippen molar-refractivity contribution in [3.05, 3.63) is 65.2 Å². The van der Waals surface area contributed by atoms with Crippen molar-refractivity contribution in [3.8, 4) is 0 Å². The fourth-order valence-electron chi connectivity index (χ4n) is 2.73. The van der Waals surface area contributed by atoms with Gasteiger partial charge in [0, 0.05) is 41.7 Å². The van der Waals surface area contributed by atoms with Crippen molar-refractivity contribution in [1.29, 1.82) is 0 Å². The maximum atomic E-state index is 12.5. The molecule has 2 aromatic heterocycles. The monoisotopic (exact) mass is 485 g/mol. The van der Waals surface area contributed by atoms with Crippen molar-refractivity contribution in [2.45, 2.75) is 18.6 Å². The molecule has 10 nitrogen and oxygen atoms in total. The van der Waals surface area contributed by atoms with Crippen molar-refractivity contribution in [2.75, 3.05) is 18.8 Å². The molecule has 0 radical (unpaired) electrons. The smallest absolute Gasteiger partial charge is 0.257 e. The lowest BCUT2D eigenvalue weighted by Crippen LogP contribution is -2.42. The third kappa shape index (κ3) is 8.94. The van der Waals surface area contributed by atoms with E-state index in [-0.39, 0.29) is 11.9 Å². The first-order chi connectivity index (χ1) is 16.1. The van der Waals surface area contributed by atoms with E-state index >= 15 is 0 Å². The van der Waals surface area contributed by atoms with Crippen LogP contribution in [0.4, 0.5) is 5.13 Å². The maximum Gasteiger partial charge on any atom is 0.257 e. The van der Waals surface area contributed by atoms with Crippen LogP contribution >= 0.6 is 23.1 Å². The molecule has 0 saturated carbocycles. The van der Waals surface area contributed by atoms with Crippen LogP contribution in [-0.4, -0.2) is 51.6 Å². The van der Waals surface area contributed by atoms with Crippen molar-refractivity contribution in [1.82, 2.24) is 25.6 Å². The Morgan fingerprint density at radius 2 is 2.06 bits per heavy atom. The average molecular weight is 486 g/mol. The van der Waals surface area contributed by atoms with Gasteiger partial charge in [-0.05, 0) is 25.0 Å². The van der Waals surface area contributed by atoms with E-state index in [9.17, 15) is 4.79 Å². The Bertz CT molecular complexity index is 1040. The van der Waals surface area contributed by atoms with Crippen LogP contribution in [0.3, 0.4) is 0 Å². The molecule has 0 aliphatic rings. The number of benzene rings is 1. The predicted molar refractivity (Wildman–Crippen MR) is 135 cm³/mol. The minimum Gasteiger partial charge on any atom is -0.370 e. The van der Waals surface area contributed by atoms with E-state index < -0.39 is 0 Å². The van der Waals surface area contributed by atoms with Crippen LogP contribution in [0.5, 0.6) is 0 Å². The molecule has 12 heteroatoms. The number of thiazole rings is 1. The zero-order valence-electron chi connectivity index (χ0n) is 18.0. The summed E-state index contributed by atoms with van der Waals surface area (Å²) in [6, 6.07) is 9.07. The molecule has 0 spiro atoms. The summed E-state index contributed by atoms with van der Waals surface area (Å²) in [5.41, 5.74) is 13.3. The summed E-state index contributed by atoms with van der Waals surface area (Å²) in [4.78, 5) is 32.6. The minimum atomic E-state index is -0.198. The van der Waals surface area contributed by atoms with Gasteiger partial charge in [0.25, 0.3) is 5.91 Å². The number of aliphatic imine (C=N–C) groups is 2. The number of aryl methyl sites for hydroxylation is 1. The third-order valence-corrected chi connectivity index (χ3v) is 6.01. The molecule has 0 fully saturated rings. The Morgan fingerprint density at radius 3 is 2.82 bits per heavy atom. The Kier molecular flexibility index (Phi) is 9.73. The second-order valence-electron chi connectivity index (χ2n) is 6.85. The number of rotatable bonds is 11. The average Bonchev–Trinajstić information content (AvgIpc) is 3.48. The predicted octanol–water partition coefficient (Wildman–Crippen LogP) is 2.01. The van der Waals surface area contributed by atoms with Gasteiger partial charge in [-0.25, -0.2) is 9.97 Å². The maximum absolute atomic E-state index is 12.5. The van der Waals surface area contributed by atoms with Gasteiger partial charge in [0.05, 0.1) is 17.7 Å². The molecule has 174 valence electrons. The van der Waals surface area contributed by atoms with Crippen molar-refractivity contribution >= 4 is 46.1 Å². The highest BCUT2D eigenvalue weighted by molar-refractivity contribution is 7.98. The lowest BCUT2D eigenvalue weighted by atomic mass is 10.2. The molecule has 7 N–H and O–H groups in total. The minimum absolute atomic E-state index is 0.00137. The number of aromatic amines is 1. The number of nitrogens with zero attached hydrogens (tertiary/aromatic N) is 4. The van der Waals surface area contributed by atoms with Crippen molar-refractivity contribution in [3.63, 3.8) is 0 Å². The molecule has 2 heterocycles. The lowest BCUT2D eigenvalue weighted by molar-refractivity contribution is 0.0976. The fraction of sp³-hybridized carbons (Fsp3) is 0.286. The summed E-state index contributed by atoms with van der Waals surface area (Å²) >= 11 is 3.11. The molecule has 33 heavy (non-hydrogen) atoms. The van der Waals surface area contributed by atoms with Crippen LogP contribution in [0.1, 0.15) is 28.2 Å². The summed E-state index contributed by atoms with van der Waals surface area (Å²) < 4.78 is 0. The Balaban J connectivity index is 1.46. The summed E-state index contributed by atoms with van der Waals surface area (Å²) in [6.07, 6.45) is 5.18. The molecule has 3 aromatic rings. The number of hydrogen-bond donors (Lipinski definition) is 5. The normalized spacial score (nSPS) is 11.2. The van der Waals surface area contributed by atoms with Gasteiger partial charge < -0.3 is 21.8 Å². The fourth-order valence-corrected chi connectivity index (χ4v) is 4.29. The van der Waals surface area contributed by atoms with Crippen LogP contribution in [-0.2, 0) is 12.2 Å². The summed E-state index contributed by atoms with van der Waals surface area (Å²) in [6.45, 7) is 1.21. The third-order valence-electron chi connectivity index (χ3n) is 4.24. The van der Waals surface area contributed by atoms with Crippen LogP contribution in [0.25, 0.3) is 0 Å². The van der Waals surface area contributed by atoms with Gasteiger partial charge in [0.15, 0.2) is 11.9 Å². The summed E-state index contributed by atoms with van der Waals surface area (Å²) in [5.74, 6) is 1.82. The van der Waals surface area contributed by atoms with Gasteiger partial charge in [-0.1, -0.05) is 18.2 Å². The van der Waals surface area contributed by atoms with Gasteiger partial charge in [0.1, 0.15) is 0 Å². The number of H-pyrrole nitrogens is 1. The first-order valence-corrected chi connectivity index (χ1v) is 12.4. The number of nitrogens with two attached hydrogens (primary N) is 2. The molecule has 0 atom stereocenters. The molecule has 3 rings (SSSR count). The van der Waals surface area contributed by atoms with Crippen molar-refractivity contribution in [2.24, 2.45) is 21.5 Å². The van der Waals surface area contributed by atoms with Gasteiger partial charge in [0.2, 0.25) is 5.13 Å². The largest absolute Gasteiger partial charge is 0.370 e. The molecular weight excluding hydrogens is 458 g/mol. The molecule has 1 aromatic carbocycles. The van der Waals surface area contributed by atoms with E-state index in [1.165, 1.54) is 11.3 Å². The van der Waals surface area contributed by atoms with Gasteiger partial charge in [-0.3, -0.25) is 15.1 Å². The zero-order chi connectivity index (χ0) is 23.3. The standard InChI is InChI=1S/C21H27N9OS2/c22-19(23)30-21-28-17(13-33-21)12-32-10-9-26-20(25-8-4-7-16-11-24-14-27-16)29-18(31)15-5-2-1-3-6-15/h1-3,5-6,11,13-14H,4,7-10,12H2,(H,24,27)(H4,22,23,28,30)(H2,25,26,29,31). The number of carbonyl (C=O) groups excluding carboxylic acids is 1. The lowest BCUT2D eigenvalue weighted by Gasteiger charge is -2.11. The quantitative estimate of drug-likeness (QED) is 0.158. The molecule has 1 amide bonds. The number of hydrogen-bond acceptors (Lipinski definition) is 7. The molecular formula is C21H27N9OS2. The van der Waals surface area contributed by atoms with Crippen LogP contribution in [0.2, 0.25) is 0 Å². The number of imidazole rings is 1. The first-order valence-electron chi connectivity index (χ1n) is 10.3. The number of carbonyl (C=O) groups is 1. The first kappa shape index (κ1) is 24.3. The SMILES string of the molecule is NC(N)=Nc1nc(CSCCNC(=NCCCc2c[nH]cn2)NC(=O)c2ccccc2)cs1. The Labute approximate surface area is 200 Å². The topological polar surface area (TPSA) is 159 Å². The molecule has 0 unspecified atom stereocenters.